The van der Waals surface area contributed by atoms with Gasteiger partial charge in [0, 0.05) is 18.1 Å². The van der Waals surface area contributed by atoms with Crippen LogP contribution in [0.25, 0.3) is 0 Å². The van der Waals surface area contributed by atoms with E-state index in [0.29, 0.717) is 12.8 Å². The molecule has 0 aromatic heterocycles. The molecule has 0 radical (unpaired) electrons. The number of carbonyl (C=O) groups is 2. The summed E-state index contributed by atoms with van der Waals surface area (Å²) in [5.74, 6) is -1.49. The van der Waals surface area contributed by atoms with Crippen molar-refractivity contribution < 1.29 is 24.5 Å². The zero-order chi connectivity index (χ0) is 13.1. The van der Waals surface area contributed by atoms with Crippen LogP contribution in [0.15, 0.2) is 24.8 Å². The fourth-order valence-corrected chi connectivity index (χ4v) is 0.417. The van der Waals surface area contributed by atoms with Gasteiger partial charge in [-0.05, 0) is 6.42 Å². The quantitative estimate of drug-likeness (QED) is 0.424. The number of carbonyl (C=O) groups excluding carboxylic acids is 1. The van der Waals surface area contributed by atoms with E-state index < -0.39 is 18.2 Å². The van der Waals surface area contributed by atoms with E-state index in [1.54, 1.807) is 13.8 Å². The van der Waals surface area contributed by atoms with E-state index in [0.717, 1.165) is 6.08 Å². The second-order valence-electron chi connectivity index (χ2n) is 2.77. The largest absolute Gasteiger partial charge is 0.478 e. The van der Waals surface area contributed by atoms with Crippen LogP contribution in [-0.4, -0.2) is 28.4 Å². The van der Waals surface area contributed by atoms with Gasteiger partial charge in [-0.3, -0.25) is 0 Å². The van der Waals surface area contributed by atoms with E-state index in [4.69, 9.17) is 10.2 Å². The normalized spacial score (nSPS) is 10.4. The third kappa shape index (κ3) is 10.5. The predicted molar refractivity (Wildman–Crippen MR) is 59.7 cm³/mol. The lowest BCUT2D eigenvalue weighted by Crippen LogP contribution is -2.14. The van der Waals surface area contributed by atoms with Crippen molar-refractivity contribution in [2.45, 2.75) is 33.0 Å². The number of ether oxygens (including phenoxy) is 1. The molecule has 16 heavy (non-hydrogen) atoms. The van der Waals surface area contributed by atoms with Gasteiger partial charge in [-0.15, -0.1) is 0 Å². The average molecular weight is 230 g/mol. The molecule has 5 nitrogen and oxygen atoms in total. The van der Waals surface area contributed by atoms with Crippen molar-refractivity contribution in [2.24, 2.45) is 0 Å². The minimum Gasteiger partial charge on any atom is -0.478 e. The topological polar surface area (TPSA) is 83.8 Å². The van der Waals surface area contributed by atoms with Crippen molar-refractivity contribution >= 4 is 11.9 Å². The number of carboxylic acid groups (broad SMARTS) is 1. The lowest BCUT2D eigenvalue weighted by atomic mass is 10.2. The first kappa shape index (κ1) is 16.8. The molecule has 0 aliphatic carbocycles. The van der Waals surface area contributed by atoms with Crippen LogP contribution in [0.3, 0.4) is 0 Å². The van der Waals surface area contributed by atoms with Crippen LogP contribution in [0.4, 0.5) is 0 Å². The number of aliphatic carboxylic acids is 1. The molecule has 0 aromatic carbocycles. The Bertz CT molecular complexity index is 257. The Labute approximate surface area is 95.0 Å². The van der Waals surface area contributed by atoms with Gasteiger partial charge in [-0.1, -0.05) is 27.0 Å². The number of aliphatic hydroxyl groups excluding tert-OH is 1. The van der Waals surface area contributed by atoms with Gasteiger partial charge in [-0.2, -0.15) is 0 Å². The molecule has 0 heterocycles. The van der Waals surface area contributed by atoms with Crippen LogP contribution in [0.5, 0.6) is 0 Å². The SMILES string of the molecule is C=C(CC)C(=O)O.C=CC(=O)OC(O)CC. The van der Waals surface area contributed by atoms with Gasteiger partial charge < -0.3 is 14.9 Å². The van der Waals surface area contributed by atoms with Gasteiger partial charge in [0.15, 0.2) is 0 Å². The molecule has 0 fully saturated rings. The molecule has 0 saturated heterocycles. The second kappa shape index (κ2) is 9.92. The van der Waals surface area contributed by atoms with Gasteiger partial charge in [0.2, 0.25) is 6.29 Å². The minimum atomic E-state index is -0.990. The van der Waals surface area contributed by atoms with Crippen molar-refractivity contribution in [3.8, 4) is 0 Å². The summed E-state index contributed by atoms with van der Waals surface area (Å²) < 4.78 is 4.35. The number of rotatable bonds is 5. The van der Waals surface area contributed by atoms with Gasteiger partial charge in [0.25, 0.3) is 0 Å². The van der Waals surface area contributed by atoms with Crippen LogP contribution in [0, 0.1) is 0 Å². The molecule has 0 bridgehead atoms. The minimum absolute atomic E-state index is 0.264. The summed E-state index contributed by atoms with van der Waals surface area (Å²) in [6, 6.07) is 0. The monoisotopic (exact) mass is 230 g/mol. The van der Waals surface area contributed by atoms with Crippen LogP contribution in [-0.2, 0) is 14.3 Å². The highest BCUT2D eigenvalue weighted by Gasteiger charge is 2.02. The van der Waals surface area contributed by atoms with Crippen LogP contribution >= 0.6 is 0 Å². The number of hydrogen-bond acceptors (Lipinski definition) is 4. The number of esters is 1. The lowest BCUT2D eigenvalue weighted by Gasteiger charge is -2.05. The first-order valence-corrected chi connectivity index (χ1v) is 4.81. The molecule has 1 atom stereocenters. The summed E-state index contributed by atoms with van der Waals surface area (Å²) in [6.45, 7) is 9.91. The number of carboxylic acids is 1. The third-order valence-corrected chi connectivity index (χ3v) is 1.50. The second-order valence-corrected chi connectivity index (χ2v) is 2.77. The molecule has 0 spiro atoms. The van der Waals surface area contributed by atoms with E-state index in [2.05, 4.69) is 17.9 Å². The summed E-state index contributed by atoms with van der Waals surface area (Å²) in [5, 5.41) is 16.8. The molecule has 0 rings (SSSR count). The Hall–Kier alpha value is -1.62. The first-order chi connectivity index (χ1) is 7.38. The average Bonchev–Trinajstić information content (AvgIpc) is 2.28. The molecule has 0 amide bonds. The summed E-state index contributed by atoms with van der Waals surface area (Å²) in [4.78, 5) is 20.1. The lowest BCUT2D eigenvalue weighted by molar-refractivity contribution is -0.161. The van der Waals surface area contributed by atoms with E-state index in [1.165, 1.54) is 0 Å². The standard InChI is InChI=1S/C6H10O3.C5H8O2/c1-3-5(7)9-6(8)4-2;1-3-4(2)5(6)7/h3,6,8H,1,4H2,2H3;2-3H2,1H3,(H,6,7). The molecule has 0 aliphatic heterocycles. The molecule has 2 N–H and O–H groups in total. The van der Waals surface area contributed by atoms with E-state index in [9.17, 15) is 9.59 Å². The Balaban J connectivity index is 0. The molecule has 0 aromatic rings. The molecule has 1 unspecified atom stereocenters. The highest BCUT2D eigenvalue weighted by atomic mass is 16.6. The van der Waals surface area contributed by atoms with Gasteiger partial charge in [0.05, 0.1) is 0 Å². The smallest absolute Gasteiger partial charge is 0.332 e. The van der Waals surface area contributed by atoms with Crippen molar-refractivity contribution in [3.63, 3.8) is 0 Å². The Morgan fingerprint density at radius 3 is 2.12 bits per heavy atom. The molecular weight excluding hydrogens is 212 g/mol. The highest BCUT2D eigenvalue weighted by molar-refractivity contribution is 5.85. The molecule has 5 heteroatoms. The van der Waals surface area contributed by atoms with E-state index in [1.807, 2.05) is 0 Å². The fraction of sp³-hybridized carbons (Fsp3) is 0.455. The van der Waals surface area contributed by atoms with E-state index in [-0.39, 0.29) is 5.57 Å². The number of hydrogen-bond donors (Lipinski definition) is 2. The van der Waals surface area contributed by atoms with Crippen LogP contribution in [0.2, 0.25) is 0 Å². The Morgan fingerprint density at radius 1 is 1.44 bits per heavy atom. The van der Waals surface area contributed by atoms with Gasteiger partial charge in [-0.25, -0.2) is 9.59 Å². The maximum absolute atomic E-state index is 10.3. The predicted octanol–water partition coefficient (Wildman–Crippen LogP) is 1.48. The van der Waals surface area contributed by atoms with Crippen molar-refractivity contribution in [2.75, 3.05) is 0 Å². The molecule has 0 aliphatic rings. The van der Waals surface area contributed by atoms with Crippen molar-refractivity contribution in [3.05, 3.63) is 24.8 Å². The Morgan fingerprint density at radius 2 is 1.94 bits per heavy atom. The highest BCUT2D eigenvalue weighted by Crippen LogP contribution is 1.93. The third-order valence-electron chi connectivity index (χ3n) is 1.50. The summed E-state index contributed by atoms with van der Waals surface area (Å²) in [6.07, 6.45) is 0.948. The maximum Gasteiger partial charge on any atom is 0.332 e. The molecular formula is C11H18O5. The van der Waals surface area contributed by atoms with Crippen LogP contribution < -0.4 is 0 Å². The first-order valence-electron chi connectivity index (χ1n) is 4.81. The van der Waals surface area contributed by atoms with Crippen molar-refractivity contribution in [1.29, 1.82) is 0 Å². The fourth-order valence-electron chi connectivity index (χ4n) is 0.417. The summed E-state index contributed by atoms with van der Waals surface area (Å²) >= 11 is 0. The molecule has 0 saturated carbocycles. The summed E-state index contributed by atoms with van der Waals surface area (Å²) in [7, 11) is 0. The Kier molecular flexibility index (Phi) is 10.4. The van der Waals surface area contributed by atoms with Crippen molar-refractivity contribution in [1.82, 2.24) is 0 Å². The van der Waals surface area contributed by atoms with Gasteiger partial charge >= 0.3 is 11.9 Å². The zero-order valence-electron chi connectivity index (χ0n) is 9.60. The number of aliphatic hydroxyl groups is 1. The zero-order valence-corrected chi connectivity index (χ0v) is 9.60. The molecule has 92 valence electrons. The summed E-state index contributed by atoms with van der Waals surface area (Å²) in [5.41, 5.74) is 0.264. The maximum atomic E-state index is 10.3. The van der Waals surface area contributed by atoms with Crippen LogP contribution in [0.1, 0.15) is 26.7 Å². The van der Waals surface area contributed by atoms with Gasteiger partial charge in [0.1, 0.15) is 0 Å². The van der Waals surface area contributed by atoms with E-state index >= 15 is 0 Å².